The summed E-state index contributed by atoms with van der Waals surface area (Å²) in [6.45, 7) is 7.97. The van der Waals surface area contributed by atoms with Crippen molar-refractivity contribution in [1.29, 1.82) is 5.26 Å². The van der Waals surface area contributed by atoms with Crippen LogP contribution in [0, 0.1) is 18.3 Å². The quantitative estimate of drug-likeness (QED) is 0.183. The number of aryl methyl sites for hydroxylation is 1. The van der Waals surface area contributed by atoms with Crippen LogP contribution < -0.4 is 19.7 Å². The van der Waals surface area contributed by atoms with Crippen LogP contribution in [0.2, 0.25) is 0 Å². The molecule has 0 unspecified atom stereocenters. The molecule has 1 heterocycles. The SMILES string of the molecule is C=CCc1cc(/C=C2\C(=O)NC(=O)N(c3ccc(Br)c(C)c3)C2=O)cc(OCC)c1OCc1ccccc1C#N. The van der Waals surface area contributed by atoms with Gasteiger partial charge in [0.1, 0.15) is 12.2 Å². The second-order valence-corrected chi connectivity index (χ2v) is 9.74. The van der Waals surface area contributed by atoms with Crippen LogP contribution in [0.5, 0.6) is 11.5 Å². The van der Waals surface area contributed by atoms with E-state index in [9.17, 15) is 19.6 Å². The zero-order chi connectivity index (χ0) is 28.8. The van der Waals surface area contributed by atoms with Crippen molar-refractivity contribution < 1.29 is 23.9 Å². The number of hydrogen-bond donors (Lipinski definition) is 1. The van der Waals surface area contributed by atoms with Gasteiger partial charge in [0.2, 0.25) is 0 Å². The molecule has 9 heteroatoms. The number of carbonyl (C=O) groups is 3. The third kappa shape index (κ3) is 5.98. The first-order chi connectivity index (χ1) is 19.3. The molecule has 202 valence electrons. The molecule has 0 aliphatic carbocycles. The summed E-state index contributed by atoms with van der Waals surface area (Å²) in [5.41, 5.74) is 3.40. The summed E-state index contributed by atoms with van der Waals surface area (Å²) in [4.78, 5) is 39.8. The highest BCUT2D eigenvalue weighted by molar-refractivity contribution is 9.10. The molecule has 0 aromatic heterocycles. The van der Waals surface area contributed by atoms with Crippen molar-refractivity contribution in [1.82, 2.24) is 5.32 Å². The Bertz CT molecular complexity index is 1590. The molecule has 4 amide bonds. The third-order valence-electron chi connectivity index (χ3n) is 6.14. The van der Waals surface area contributed by atoms with E-state index in [-0.39, 0.29) is 12.2 Å². The molecule has 40 heavy (non-hydrogen) atoms. The first kappa shape index (κ1) is 28.3. The Morgan fingerprint density at radius 1 is 1.07 bits per heavy atom. The molecule has 0 spiro atoms. The molecule has 0 saturated carbocycles. The van der Waals surface area contributed by atoms with Gasteiger partial charge in [0.05, 0.1) is 23.9 Å². The molecule has 1 saturated heterocycles. The average molecular weight is 600 g/mol. The lowest BCUT2D eigenvalue weighted by Crippen LogP contribution is -2.54. The highest BCUT2D eigenvalue weighted by Gasteiger charge is 2.37. The van der Waals surface area contributed by atoms with E-state index in [0.29, 0.717) is 46.9 Å². The minimum Gasteiger partial charge on any atom is -0.490 e. The van der Waals surface area contributed by atoms with Crippen molar-refractivity contribution in [2.45, 2.75) is 26.9 Å². The second-order valence-electron chi connectivity index (χ2n) is 8.88. The molecule has 3 aromatic carbocycles. The van der Waals surface area contributed by atoms with Gasteiger partial charge in [-0.15, -0.1) is 6.58 Å². The van der Waals surface area contributed by atoms with Gasteiger partial charge in [-0.25, -0.2) is 9.69 Å². The van der Waals surface area contributed by atoms with Gasteiger partial charge in [0.25, 0.3) is 11.8 Å². The molecule has 1 fully saturated rings. The number of barbiturate groups is 1. The van der Waals surface area contributed by atoms with E-state index in [1.165, 1.54) is 6.08 Å². The predicted octanol–water partition coefficient (Wildman–Crippen LogP) is 6.00. The topological polar surface area (TPSA) is 109 Å². The largest absolute Gasteiger partial charge is 0.490 e. The molecule has 4 rings (SSSR count). The van der Waals surface area contributed by atoms with E-state index >= 15 is 0 Å². The molecular weight excluding hydrogens is 574 g/mol. The zero-order valence-electron chi connectivity index (χ0n) is 22.0. The third-order valence-corrected chi connectivity index (χ3v) is 7.03. The van der Waals surface area contributed by atoms with Gasteiger partial charge in [0.15, 0.2) is 11.5 Å². The van der Waals surface area contributed by atoms with Crippen LogP contribution >= 0.6 is 15.9 Å². The van der Waals surface area contributed by atoms with E-state index in [2.05, 4.69) is 33.9 Å². The fraction of sp³-hybridized carbons (Fsp3) is 0.161. The van der Waals surface area contributed by atoms with Crippen LogP contribution in [0.25, 0.3) is 6.08 Å². The molecule has 1 N–H and O–H groups in total. The van der Waals surface area contributed by atoms with E-state index in [4.69, 9.17) is 9.47 Å². The number of hydrogen-bond acceptors (Lipinski definition) is 6. The highest BCUT2D eigenvalue weighted by Crippen LogP contribution is 2.36. The van der Waals surface area contributed by atoms with Crippen LogP contribution in [0.15, 0.2) is 77.3 Å². The van der Waals surface area contributed by atoms with E-state index in [1.807, 2.05) is 26.0 Å². The molecule has 1 aliphatic rings. The number of carbonyl (C=O) groups excluding carboxylic acids is 3. The average Bonchev–Trinajstić information content (AvgIpc) is 2.93. The standard InChI is InChI=1S/C31H26BrN3O5/c1-4-8-21-14-20(16-27(39-5-2)28(21)40-18-23-10-7-6-9-22(23)17-33)15-25-29(36)34-31(38)35(30(25)37)24-11-12-26(32)19(3)13-24/h4,6-7,9-16H,1,5,8,18H2,2-3H3,(H,34,36,38)/b25-15+. The molecule has 0 bridgehead atoms. The minimum atomic E-state index is -0.822. The van der Waals surface area contributed by atoms with Crippen molar-refractivity contribution in [3.8, 4) is 17.6 Å². The maximum atomic E-state index is 13.4. The number of allylic oxidation sites excluding steroid dienone is 1. The van der Waals surface area contributed by atoms with Gasteiger partial charge in [-0.1, -0.05) is 40.2 Å². The predicted molar refractivity (Wildman–Crippen MR) is 155 cm³/mol. The number of nitrogens with one attached hydrogen (secondary N) is 1. The minimum absolute atomic E-state index is 0.138. The lowest BCUT2D eigenvalue weighted by atomic mass is 10.0. The van der Waals surface area contributed by atoms with Crippen LogP contribution in [0.4, 0.5) is 10.5 Å². The summed E-state index contributed by atoms with van der Waals surface area (Å²) in [5, 5.41) is 11.7. The second kappa shape index (κ2) is 12.5. The Kier molecular flexibility index (Phi) is 8.82. The normalized spacial score (nSPS) is 14.1. The Labute approximate surface area is 240 Å². The maximum absolute atomic E-state index is 13.4. The summed E-state index contributed by atoms with van der Waals surface area (Å²) in [5.74, 6) is -0.662. The highest BCUT2D eigenvalue weighted by atomic mass is 79.9. The van der Waals surface area contributed by atoms with Gasteiger partial charge in [0, 0.05) is 15.6 Å². The molecular formula is C31H26BrN3O5. The lowest BCUT2D eigenvalue weighted by Gasteiger charge is -2.27. The first-order valence-electron chi connectivity index (χ1n) is 12.5. The number of rotatable bonds is 9. The molecule has 8 nitrogen and oxygen atoms in total. The zero-order valence-corrected chi connectivity index (χ0v) is 23.6. The number of benzene rings is 3. The number of urea groups is 1. The van der Waals surface area contributed by atoms with Gasteiger partial charge < -0.3 is 9.47 Å². The van der Waals surface area contributed by atoms with Gasteiger partial charge in [-0.3, -0.25) is 14.9 Å². The maximum Gasteiger partial charge on any atom is 0.335 e. The van der Waals surface area contributed by atoms with Gasteiger partial charge in [-0.2, -0.15) is 5.26 Å². The van der Waals surface area contributed by atoms with Crippen molar-refractivity contribution in [3.63, 3.8) is 0 Å². The fourth-order valence-electron chi connectivity index (χ4n) is 4.23. The summed E-state index contributed by atoms with van der Waals surface area (Å²) < 4.78 is 12.9. The number of imide groups is 2. The molecule has 3 aromatic rings. The van der Waals surface area contributed by atoms with E-state index in [1.54, 1.807) is 48.5 Å². The van der Waals surface area contributed by atoms with Crippen molar-refractivity contribution >= 4 is 45.5 Å². The summed E-state index contributed by atoms with van der Waals surface area (Å²) in [7, 11) is 0. The number of halogens is 1. The monoisotopic (exact) mass is 599 g/mol. The molecule has 0 atom stereocenters. The van der Waals surface area contributed by atoms with Crippen LogP contribution in [0.3, 0.4) is 0 Å². The summed E-state index contributed by atoms with van der Waals surface area (Å²) in [6, 6.07) is 17.0. The number of ether oxygens (including phenoxy) is 2. The van der Waals surface area contributed by atoms with E-state index in [0.717, 1.165) is 20.5 Å². The summed E-state index contributed by atoms with van der Waals surface area (Å²) >= 11 is 3.41. The Morgan fingerprint density at radius 2 is 1.85 bits per heavy atom. The number of anilines is 1. The van der Waals surface area contributed by atoms with Crippen LogP contribution in [0.1, 0.15) is 34.7 Å². The molecule has 1 aliphatic heterocycles. The molecule has 0 radical (unpaired) electrons. The fourth-order valence-corrected chi connectivity index (χ4v) is 4.48. The summed E-state index contributed by atoms with van der Waals surface area (Å²) in [6.07, 6.45) is 3.54. The van der Waals surface area contributed by atoms with E-state index < -0.39 is 17.8 Å². The van der Waals surface area contributed by atoms with Gasteiger partial charge in [-0.05, 0) is 73.9 Å². The van der Waals surface area contributed by atoms with Crippen molar-refractivity contribution in [2.24, 2.45) is 0 Å². The van der Waals surface area contributed by atoms with Crippen molar-refractivity contribution in [2.75, 3.05) is 11.5 Å². The number of nitriles is 1. The Morgan fingerprint density at radius 3 is 2.55 bits per heavy atom. The van der Waals surface area contributed by atoms with Crippen LogP contribution in [-0.2, 0) is 22.6 Å². The lowest BCUT2D eigenvalue weighted by molar-refractivity contribution is -0.122. The Balaban J connectivity index is 1.74. The first-order valence-corrected chi connectivity index (χ1v) is 13.3. The number of nitrogens with zero attached hydrogens (tertiary/aromatic N) is 2. The Hall–Kier alpha value is -4.68. The van der Waals surface area contributed by atoms with Gasteiger partial charge >= 0.3 is 6.03 Å². The van der Waals surface area contributed by atoms with Crippen LogP contribution in [-0.4, -0.2) is 24.5 Å². The number of amides is 4. The smallest absolute Gasteiger partial charge is 0.335 e. The van der Waals surface area contributed by atoms with Crippen molar-refractivity contribution in [3.05, 3.63) is 105 Å².